The molecule has 2 aliphatic heterocycles. The van der Waals surface area contributed by atoms with Gasteiger partial charge in [-0.05, 0) is 19.8 Å². The van der Waals surface area contributed by atoms with Crippen LogP contribution in [0.3, 0.4) is 0 Å². The number of quaternary nitrogens is 1. The van der Waals surface area contributed by atoms with Crippen molar-refractivity contribution in [3.05, 3.63) is 0 Å². The summed E-state index contributed by atoms with van der Waals surface area (Å²) in [7, 11) is 0. The summed E-state index contributed by atoms with van der Waals surface area (Å²) in [4.78, 5) is 26.6. The van der Waals surface area contributed by atoms with Gasteiger partial charge in [-0.25, -0.2) is 0 Å². The highest BCUT2D eigenvalue weighted by atomic mass is 32.2. The van der Waals surface area contributed by atoms with Crippen LogP contribution in [0.5, 0.6) is 0 Å². The molecule has 5 nitrogen and oxygen atoms in total. The summed E-state index contributed by atoms with van der Waals surface area (Å²) >= 11 is 1.91. The minimum Gasteiger partial charge on any atom is -0.348 e. The molecule has 2 aliphatic rings. The van der Waals surface area contributed by atoms with Crippen LogP contribution in [0.2, 0.25) is 0 Å². The van der Waals surface area contributed by atoms with Gasteiger partial charge >= 0.3 is 0 Å². The third-order valence-electron chi connectivity index (χ3n) is 5.10. The lowest BCUT2D eigenvalue weighted by Gasteiger charge is -2.36. The first-order valence-electron chi connectivity index (χ1n) is 9.08. The largest absolute Gasteiger partial charge is 0.348 e. The molecule has 3 N–H and O–H groups in total. The van der Waals surface area contributed by atoms with Crippen molar-refractivity contribution in [2.45, 2.75) is 76.3 Å². The third kappa shape index (κ3) is 4.86. The Balaban J connectivity index is 1.80. The molecular weight excluding hydrogens is 310 g/mol. The topological polar surface area (TPSA) is 66.0 Å². The van der Waals surface area contributed by atoms with Crippen LogP contribution in [0.4, 0.5) is 0 Å². The Morgan fingerprint density at radius 3 is 2.65 bits per heavy atom. The second kappa shape index (κ2) is 8.38. The van der Waals surface area contributed by atoms with E-state index in [0.29, 0.717) is 12.3 Å². The molecule has 2 atom stereocenters. The van der Waals surface area contributed by atoms with Crippen LogP contribution in [-0.2, 0) is 9.59 Å². The van der Waals surface area contributed by atoms with E-state index in [1.807, 2.05) is 16.7 Å². The van der Waals surface area contributed by atoms with E-state index in [1.165, 1.54) is 0 Å². The number of carbonyl (C=O) groups excluding carboxylic acids is 2. The molecule has 0 bridgehead atoms. The van der Waals surface area contributed by atoms with Crippen molar-refractivity contribution >= 4 is 23.6 Å². The van der Waals surface area contributed by atoms with Gasteiger partial charge in [-0.1, -0.05) is 32.0 Å². The quantitative estimate of drug-likeness (QED) is 0.759. The summed E-state index contributed by atoms with van der Waals surface area (Å²) in [6.07, 6.45) is 5.68. The number of hydrogen-bond acceptors (Lipinski definition) is 3. The molecule has 2 rings (SSSR count). The molecule has 0 aliphatic carbocycles. The molecule has 132 valence electrons. The summed E-state index contributed by atoms with van der Waals surface area (Å²) < 4.78 is 0. The maximum absolute atomic E-state index is 12.3. The maximum Gasteiger partial charge on any atom is 0.279 e. The van der Waals surface area contributed by atoms with Gasteiger partial charge < -0.3 is 15.5 Å². The zero-order chi connectivity index (χ0) is 16.9. The SMILES string of the molecule is CCCCC(=O)N1CCC2(CC1)[NH2+][C@H](C(=O)N[C@@H](C)CC)CS2. The molecule has 2 heterocycles. The highest BCUT2D eigenvalue weighted by Crippen LogP contribution is 2.34. The van der Waals surface area contributed by atoms with E-state index in [1.54, 1.807) is 0 Å². The normalized spacial score (nSPS) is 24.7. The van der Waals surface area contributed by atoms with Gasteiger partial charge in [0.2, 0.25) is 5.91 Å². The summed E-state index contributed by atoms with van der Waals surface area (Å²) in [6.45, 7) is 7.94. The molecule has 2 amide bonds. The number of nitrogens with zero attached hydrogens (tertiary/aromatic N) is 1. The summed E-state index contributed by atoms with van der Waals surface area (Å²) in [5.74, 6) is 1.35. The molecule has 0 aromatic carbocycles. The summed E-state index contributed by atoms with van der Waals surface area (Å²) in [5.41, 5.74) is 0. The first-order chi connectivity index (χ1) is 11.0. The average Bonchev–Trinajstić information content (AvgIpc) is 2.97. The zero-order valence-corrected chi connectivity index (χ0v) is 15.6. The van der Waals surface area contributed by atoms with E-state index in [0.717, 1.165) is 50.9 Å². The lowest BCUT2D eigenvalue weighted by molar-refractivity contribution is -0.714. The van der Waals surface area contributed by atoms with Gasteiger partial charge in [-0.3, -0.25) is 9.59 Å². The van der Waals surface area contributed by atoms with Crippen molar-refractivity contribution in [3.63, 3.8) is 0 Å². The molecule has 0 radical (unpaired) electrons. The van der Waals surface area contributed by atoms with Crippen LogP contribution in [0, 0.1) is 0 Å². The second-order valence-corrected chi connectivity index (χ2v) is 8.39. The monoisotopic (exact) mass is 342 g/mol. The summed E-state index contributed by atoms with van der Waals surface area (Å²) in [5, 5.41) is 5.36. The number of carbonyl (C=O) groups is 2. The second-order valence-electron chi connectivity index (χ2n) is 6.95. The molecular formula is C17H32N3O2S+. The van der Waals surface area contributed by atoms with E-state index in [9.17, 15) is 9.59 Å². The Morgan fingerprint density at radius 1 is 1.35 bits per heavy atom. The van der Waals surface area contributed by atoms with Crippen molar-refractivity contribution in [2.75, 3.05) is 18.8 Å². The van der Waals surface area contributed by atoms with Crippen molar-refractivity contribution in [3.8, 4) is 0 Å². The standard InChI is InChI=1S/C17H31N3O2S/c1-4-6-7-15(21)20-10-8-17(9-11-20)19-14(12-23-17)16(22)18-13(3)5-2/h13-14,19H,4-12H2,1-3H3,(H,18,22)/p+1/t13-,14-/m0/s1. The molecule has 1 spiro atoms. The van der Waals surface area contributed by atoms with Crippen LogP contribution in [0.15, 0.2) is 0 Å². The number of rotatable bonds is 6. The number of piperidine rings is 1. The van der Waals surface area contributed by atoms with Crippen molar-refractivity contribution in [2.24, 2.45) is 0 Å². The number of nitrogens with one attached hydrogen (secondary N) is 1. The van der Waals surface area contributed by atoms with Gasteiger partial charge in [0.1, 0.15) is 4.87 Å². The fraction of sp³-hybridized carbons (Fsp3) is 0.882. The number of thioether (sulfide) groups is 1. The first-order valence-corrected chi connectivity index (χ1v) is 10.1. The third-order valence-corrected chi connectivity index (χ3v) is 6.74. The van der Waals surface area contributed by atoms with Gasteiger partial charge in [0.15, 0.2) is 6.04 Å². The van der Waals surface area contributed by atoms with E-state index in [4.69, 9.17) is 0 Å². The Hall–Kier alpha value is -0.750. The van der Waals surface area contributed by atoms with E-state index in [2.05, 4.69) is 31.4 Å². The van der Waals surface area contributed by atoms with Gasteiger partial charge in [-0.2, -0.15) is 0 Å². The van der Waals surface area contributed by atoms with Crippen LogP contribution in [0.25, 0.3) is 0 Å². The molecule has 0 saturated carbocycles. The molecule has 6 heteroatoms. The zero-order valence-electron chi connectivity index (χ0n) is 14.8. The van der Waals surface area contributed by atoms with Crippen LogP contribution in [-0.4, -0.2) is 52.5 Å². The average molecular weight is 343 g/mol. The highest BCUT2D eigenvalue weighted by Gasteiger charge is 2.48. The Labute approximate surface area is 144 Å². The van der Waals surface area contributed by atoms with Gasteiger partial charge in [0.25, 0.3) is 5.91 Å². The number of nitrogens with two attached hydrogens (primary N) is 1. The highest BCUT2D eigenvalue weighted by molar-refractivity contribution is 8.00. The van der Waals surface area contributed by atoms with Crippen molar-refractivity contribution in [1.29, 1.82) is 0 Å². The molecule has 2 saturated heterocycles. The van der Waals surface area contributed by atoms with E-state index in [-0.39, 0.29) is 22.9 Å². The Kier molecular flexibility index (Phi) is 6.77. The number of likely N-dealkylation sites (tertiary alicyclic amines) is 1. The van der Waals surface area contributed by atoms with E-state index < -0.39 is 0 Å². The Bertz CT molecular complexity index is 422. The fourth-order valence-corrected chi connectivity index (χ4v) is 4.74. The van der Waals surface area contributed by atoms with Crippen LogP contribution >= 0.6 is 11.8 Å². The predicted molar refractivity (Wildman–Crippen MR) is 94.1 cm³/mol. The maximum atomic E-state index is 12.3. The fourth-order valence-electron chi connectivity index (χ4n) is 3.25. The van der Waals surface area contributed by atoms with Gasteiger partial charge in [-0.15, -0.1) is 0 Å². The molecule has 2 fully saturated rings. The lowest BCUT2D eigenvalue weighted by atomic mass is 10.0. The number of hydrogen-bond donors (Lipinski definition) is 2. The Morgan fingerprint density at radius 2 is 2.04 bits per heavy atom. The molecule has 23 heavy (non-hydrogen) atoms. The van der Waals surface area contributed by atoms with Crippen LogP contribution < -0.4 is 10.6 Å². The van der Waals surface area contributed by atoms with E-state index >= 15 is 0 Å². The first kappa shape index (κ1) is 18.6. The lowest BCUT2D eigenvalue weighted by Crippen LogP contribution is -3.00. The van der Waals surface area contributed by atoms with Gasteiger partial charge in [0.05, 0.1) is 5.75 Å². The predicted octanol–water partition coefficient (Wildman–Crippen LogP) is 1.09. The van der Waals surface area contributed by atoms with Crippen molar-refractivity contribution in [1.82, 2.24) is 10.2 Å². The molecule has 0 unspecified atom stereocenters. The van der Waals surface area contributed by atoms with Crippen LogP contribution in [0.1, 0.15) is 59.3 Å². The van der Waals surface area contributed by atoms with Crippen molar-refractivity contribution < 1.29 is 14.9 Å². The minimum atomic E-state index is 0.0244. The number of unbranched alkanes of at least 4 members (excludes halogenated alkanes) is 1. The number of amides is 2. The van der Waals surface area contributed by atoms with Gasteiger partial charge in [0, 0.05) is 38.4 Å². The summed E-state index contributed by atoms with van der Waals surface area (Å²) in [6, 6.07) is 0.270. The minimum absolute atomic E-state index is 0.0244. The smallest absolute Gasteiger partial charge is 0.279 e. The molecule has 0 aromatic rings. The molecule has 0 aromatic heterocycles.